The largest absolute Gasteiger partial charge is 0.507 e. The minimum absolute atomic E-state index is 0.00850. The van der Waals surface area contributed by atoms with Crippen LogP contribution in [0.3, 0.4) is 0 Å². The van der Waals surface area contributed by atoms with Gasteiger partial charge in [-0.3, -0.25) is 4.79 Å². The summed E-state index contributed by atoms with van der Waals surface area (Å²) in [7, 11) is 0. The first kappa shape index (κ1) is 25.1. The second kappa shape index (κ2) is 9.93. The van der Waals surface area contributed by atoms with Crippen LogP contribution < -0.4 is 10.4 Å². The van der Waals surface area contributed by atoms with E-state index in [0.29, 0.717) is 23.3 Å². The van der Waals surface area contributed by atoms with Crippen molar-refractivity contribution < 1.29 is 29.3 Å². The topological polar surface area (TPSA) is 117 Å². The van der Waals surface area contributed by atoms with Crippen LogP contribution in [-0.4, -0.2) is 21.1 Å². The normalized spacial score (nSPS) is 14.8. The number of fused-ring (bicyclic) bond motifs is 1. The van der Waals surface area contributed by atoms with Gasteiger partial charge in [0.15, 0.2) is 5.78 Å². The molecule has 0 fully saturated rings. The van der Waals surface area contributed by atoms with Gasteiger partial charge in [0.1, 0.15) is 40.4 Å². The molecule has 0 saturated carbocycles. The lowest BCUT2D eigenvalue weighted by molar-refractivity contribution is 0.0842. The van der Waals surface area contributed by atoms with Crippen LogP contribution in [0.1, 0.15) is 77.2 Å². The number of phenolic OH excluding ortho intramolecular Hbond substituents is 2. The Kier molecular flexibility index (Phi) is 6.93. The van der Waals surface area contributed by atoms with E-state index in [1.54, 1.807) is 13.8 Å². The third kappa shape index (κ3) is 4.49. The standard InChI is InChI=1S/C29H30O7/c1-5-22-16(4)25(31)20(29(34)36-22)13-19-26(32)18(12-11-15(2)3)28-24(27(19)33)21(30)14-23(35-28)17-9-7-6-8-10-17/h6-11,23,31-33H,5,12-14H2,1-4H3. The molecular formula is C29H30O7. The summed E-state index contributed by atoms with van der Waals surface area (Å²) < 4.78 is 11.6. The number of aryl methyl sites for hydroxylation is 1. The number of phenols is 2. The first-order valence-electron chi connectivity index (χ1n) is 12.0. The van der Waals surface area contributed by atoms with Gasteiger partial charge in [0, 0.05) is 29.5 Å². The third-order valence-corrected chi connectivity index (χ3v) is 6.59. The van der Waals surface area contributed by atoms with Crippen molar-refractivity contribution in [2.24, 2.45) is 0 Å². The smallest absolute Gasteiger partial charge is 0.343 e. The molecule has 2 heterocycles. The van der Waals surface area contributed by atoms with E-state index in [2.05, 4.69) is 0 Å². The monoisotopic (exact) mass is 490 g/mol. The first-order chi connectivity index (χ1) is 17.1. The van der Waals surface area contributed by atoms with Gasteiger partial charge in [-0.2, -0.15) is 0 Å². The highest BCUT2D eigenvalue weighted by molar-refractivity contribution is 6.04. The van der Waals surface area contributed by atoms with Crippen molar-refractivity contribution in [2.75, 3.05) is 0 Å². The van der Waals surface area contributed by atoms with Crippen LogP contribution in [0, 0.1) is 6.92 Å². The minimum Gasteiger partial charge on any atom is -0.507 e. The molecule has 0 amide bonds. The Morgan fingerprint density at radius 1 is 1.00 bits per heavy atom. The summed E-state index contributed by atoms with van der Waals surface area (Å²) in [6.45, 7) is 7.25. The number of ether oxygens (including phenoxy) is 1. The Labute approximate surface area is 209 Å². The first-order valence-corrected chi connectivity index (χ1v) is 12.0. The Bertz CT molecular complexity index is 1410. The summed E-state index contributed by atoms with van der Waals surface area (Å²) in [6.07, 6.45) is 1.66. The van der Waals surface area contributed by atoms with E-state index in [0.717, 1.165) is 11.1 Å². The van der Waals surface area contributed by atoms with E-state index in [-0.39, 0.29) is 59.0 Å². The highest BCUT2D eigenvalue weighted by Crippen LogP contribution is 2.49. The molecule has 3 N–H and O–H groups in total. The van der Waals surface area contributed by atoms with Crippen LogP contribution in [0.5, 0.6) is 23.0 Å². The van der Waals surface area contributed by atoms with E-state index in [4.69, 9.17) is 9.15 Å². The fourth-order valence-corrected chi connectivity index (χ4v) is 4.55. The zero-order chi connectivity index (χ0) is 26.1. The molecule has 1 unspecified atom stereocenters. The SMILES string of the molecule is CCc1oc(=O)c(Cc2c(O)c(CC=C(C)C)c3c(c2O)C(=O)CC(c2ccccc2)O3)c(O)c1C. The van der Waals surface area contributed by atoms with Gasteiger partial charge in [0.25, 0.3) is 0 Å². The highest BCUT2D eigenvalue weighted by Gasteiger charge is 2.36. The predicted octanol–water partition coefficient (Wildman–Crippen LogP) is 5.43. The number of Topliss-reactive ketones (excluding diaryl/α,β-unsaturated/α-hetero) is 1. The molecule has 188 valence electrons. The maximum Gasteiger partial charge on any atom is 0.343 e. The number of rotatable bonds is 6. The number of allylic oxidation sites excluding steroid dienone is 2. The van der Waals surface area contributed by atoms with Gasteiger partial charge in [0.05, 0.1) is 12.0 Å². The molecule has 3 aromatic rings. The summed E-state index contributed by atoms with van der Waals surface area (Å²) in [5.74, 6) is -0.851. The molecule has 7 heteroatoms. The number of benzene rings is 2. The Balaban J connectivity index is 1.90. The third-order valence-electron chi connectivity index (χ3n) is 6.59. The number of hydrogen-bond donors (Lipinski definition) is 3. The van der Waals surface area contributed by atoms with Crippen molar-refractivity contribution in [3.05, 3.63) is 91.5 Å². The summed E-state index contributed by atoms with van der Waals surface area (Å²) in [5.41, 5.74) is 1.62. The van der Waals surface area contributed by atoms with E-state index in [9.17, 15) is 24.9 Å². The summed E-state index contributed by atoms with van der Waals surface area (Å²) in [5, 5.41) is 33.2. The second-order valence-electron chi connectivity index (χ2n) is 9.28. The zero-order valence-corrected chi connectivity index (χ0v) is 20.8. The Hall–Kier alpha value is -4.00. The highest BCUT2D eigenvalue weighted by atomic mass is 16.5. The van der Waals surface area contributed by atoms with E-state index in [1.807, 2.05) is 50.3 Å². The predicted molar refractivity (Wildman–Crippen MR) is 135 cm³/mol. The molecule has 1 atom stereocenters. The molecule has 0 saturated heterocycles. The van der Waals surface area contributed by atoms with Crippen molar-refractivity contribution in [3.8, 4) is 23.0 Å². The number of aromatic hydroxyl groups is 3. The van der Waals surface area contributed by atoms with Gasteiger partial charge in [0.2, 0.25) is 0 Å². The quantitative estimate of drug-likeness (QED) is 0.394. The molecule has 1 aliphatic rings. The summed E-state index contributed by atoms with van der Waals surface area (Å²) in [6, 6.07) is 9.29. The molecule has 7 nitrogen and oxygen atoms in total. The number of hydrogen-bond acceptors (Lipinski definition) is 7. The van der Waals surface area contributed by atoms with Crippen LogP contribution in [0.15, 0.2) is 51.2 Å². The van der Waals surface area contributed by atoms with Gasteiger partial charge in [-0.05, 0) is 32.8 Å². The van der Waals surface area contributed by atoms with Gasteiger partial charge in [-0.15, -0.1) is 0 Å². The van der Waals surface area contributed by atoms with E-state index in [1.165, 1.54) is 0 Å². The molecule has 1 aliphatic heterocycles. The molecule has 4 rings (SSSR count). The fraction of sp³-hybridized carbons (Fsp3) is 0.310. The van der Waals surface area contributed by atoms with Crippen LogP contribution in [0.25, 0.3) is 0 Å². The molecule has 1 aromatic heterocycles. The van der Waals surface area contributed by atoms with Crippen molar-refractivity contribution in [2.45, 2.75) is 59.5 Å². The lowest BCUT2D eigenvalue weighted by atomic mass is 9.88. The van der Waals surface area contributed by atoms with E-state index >= 15 is 0 Å². The zero-order valence-electron chi connectivity index (χ0n) is 20.8. The van der Waals surface area contributed by atoms with E-state index < -0.39 is 17.5 Å². The average Bonchev–Trinajstić information content (AvgIpc) is 2.85. The molecular weight excluding hydrogens is 460 g/mol. The summed E-state index contributed by atoms with van der Waals surface area (Å²) in [4.78, 5) is 26.0. The molecule has 2 aromatic carbocycles. The lowest BCUT2D eigenvalue weighted by Gasteiger charge is -2.29. The van der Waals surface area contributed by atoms with Crippen LogP contribution in [0.4, 0.5) is 0 Å². The number of carbonyl (C=O) groups is 1. The van der Waals surface area contributed by atoms with Crippen LogP contribution in [0.2, 0.25) is 0 Å². The number of ketones is 1. The van der Waals surface area contributed by atoms with Crippen LogP contribution in [-0.2, 0) is 19.3 Å². The lowest BCUT2D eigenvalue weighted by Crippen LogP contribution is -2.22. The van der Waals surface area contributed by atoms with Crippen molar-refractivity contribution in [3.63, 3.8) is 0 Å². The molecule has 0 aliphatic carbocycles. The van der Waals surface area contributed by atoms with Crippen molar-refractivity contribution in [1.29, 1.82) is 0 Å². The Morgan fingerprint density at radius 2 is 1.69 bits per heavy atom. The Morgan fingerprint density at radius 3 is 2.33 bits per heavy atom. The molecule has 0 spiro atoms. The molecule has 36 heavy (non-hydrogen) atoms. The maximum atomic E-state index is 13.3. The minimum atomic E-state index is -0.760. The van der Waals surface area contributed by atoms with Crippen molar-refractivity contribution >= 4 is 5.78 Å². The molecule has 0 radical (unpaired) electrons. The average molecular weight is 491 g/mol. The summed E-state index contributed by atoms with van der Waals surface area (Å²) >= 11 is 0. The fourth-order valence-electron chi connectivity index (χ4n) is 4.55. The van der Waals surface area contributed by atoms with Gasteiger partial charge >= 0.3 is 5.63 Å². The maximum absolute atomic E-state index is 13.3. The van der Waals surface area contributed by atoms with Gasteiger partial charge in [-0.25, -0.2) is 4.79 Å². The van der Waals surface area contributed by atoms with Gasteiger partial charge < -0.3 is 24.5 Å². The van der Waals surface area contributed by atoms with Crippen molar-refractivity contribution in [1.82, 2.24) is 0 Å². The number of carbonyl (C=O) groups excluding carboxylic acids is 1. The second-order valence-corrected chi connectivity index (χ2v) is 9.28. The van der Waals surface area contributed by atoms with Crippen LogP contribution >= 0.6 is 0 Å². The molecule has 0 bridgehead atoms. The van der Waals surface area contributed by atoms with Gasteiger partial charge in [-0.1, -0.05) is 48.9 Å².